The van der Waals surface area contributed by atoms with E-state index in [0.717, 1.165) is 18.5 Å². The van der Waals surface area contributed by atoms with Crippen molar-refractivity contribution in [1.29, 1.82) is 0 Å². The normalized spacial score (nSPS) is 12.8. The Morgan fingerprint density at radius 1 is 1.83 bits per heavy atom. The van der Waals surface area contributed by atoms with Crippen LogP contribution in [-0.2, 0) is 6.54 Å². The lowest BCUT2D eigenvalue weighted by Crippen LogP contribution is -2.03. The van der Waals surface area contributed by atoms with E-state index in [4.69, 9.17) is 5.73 Å². The summed E-state index contributed by atoms with van der Waals surface area (Å²) in [6.07, 6.45) is 6.62. The Balaban J connectivity index is 2.58. The first-order chi connectivity index (χ1) is 5.74. The zero-order valence-electron chi connectivity index (χ0n) is 7.40. The van der Waals surface area contributed by atoms with E-state index in [1.165, 1.54) is 0 Å². The minimum Gasteiger partial charge on any atom is -0.324 e. The Labute approximate surface area is 72.9 Å². The predicted octanol–water partition coefficient (Wildman–Crippen LogP) is 1.48. The van der Waals surface area contributed by atoms with Crippen molar-refractivity contribution in [3.63, 3.8) is 0 Å². The highest BCUT2D eigenvalue weighted by Gasteiger charge is 2.01. The minimum absolute atomic E-state index is 0.0717. The van der Waals surface area contributed by atoms with Gasteiger partial charge in [-0.25, -0.2) is 0 Å². The Morgan fingerprint density at radius 2 is 2.58 bits per heavy atom. The van der Waals surface area contributed by atoms with Crippen molar-refractivity contribution in [3.05, 3.63) is 30.6 Å². The number of aromatic nitrogens is 2. The van der Waals surface area contributed by atoms with Crippen molar-refractivity contribution in [1.82, 2.24) is 9.78 Å². The summed E-state index contributed by atoms with van der Waals surface area (Å²) in [5, 5.41) is 4.16. The lowest BCUT2D eigenvalue weighted by Gasteiger charge is -1.98. The molecule has 3 nitrogen and oxygen atoms in total. The quantitative estimate of drug-likeness (QED) is 0.687. The van der Waals surface area contributed by atoms with Crippen LogP contribution >= 0.6 is 0 Å². The van der Waals surface area contributed by atoms with Crippen LogP contribution in [0.2, 0.25) is 0 Å². The molecule has 1 heterocycles. The van der Waals surface area contributed by atoms with Gasteiger partial charge in [0.1, 0.15) is 0 Å². The topological polar surface area (TPSA) is 43.8 Å². The molecule has 0 amide bonds. The lowest BCUT2D eigenvalue weighted by atomic mass is 10.2. The molecule has 1 atom stereocenters. The summed E-state index contributed by atoms with van der Waals surface area (Å²) in [4.78, 5) is 0. The molecule has 1 rings (SSSR count). The van der Waals surface area contributed by atoms with Crippen molar-refractivity contribution >= 4 is 0 Å². The number of nitrogens with two attached hydrogens (primary N) is 1. The molecule has 0 aliphatic carbocycles. The third-order valence-electron chi connectivity index (χ3n) is 1.74. The molecule has 1 aromatic heterocycles. The van der Waals surface area contributed by atoms with E-state index in [9.17, 15) is 0 Å². The molecule has 0 fully saturated rings. The lowest BCUT2D eigenvalue weighted by molar-refractivity contribution is 0.622. The maximum Gasteiger partial charge on any atom is 0.0537 e. The first-order valence-corrected chi connectivity index (χ1v) is 4.13. The minimum atomic E-state index is 0.0717. The summed E-state index contributed by atoms with van der Waals surface area (Å²) < 4.78 is 1.89. The average molecular weight is 165 g/mol. The number of hydrogen-bond donors (Lipinski definition) is 1. The fourth-order valence-corrected chi connectivity index (χ4v) is 0.961. The van der Waals surface area contributed by atoms with Crippen LogP contribution in [0.5, 0.6) is 0 Å². The molecule has 0 aliphatic rings. The number of rotatable bonds is 4. The third-order valence-corrected chi connectivity index (χ3v) is 1.74. The molecular formula is C9H15N3. The van der Waals surface area contributed by atoms with Crippen molar-refractivity contribution in [2.75, 3.05) is 0 Å². The summed E-state index contributed by atoms with van der Waals surface area (Å²) in [5.74, 6) is 0. The van der Waals surface area contributed by atoms with E-state index in [1.54, 1.807) is 0 Å². The summed E-state index contributed by atoms with van der Waals surface area (Å²) >= 11 is 0. The molecule has 0 radical (unpaired) electrons. The molecule has 66 valence electrons. The Bertz CT molecular complexity index is 250. The van der Waals surface area contributed by atoms with Crippen molar-refractivity contribution in [3.8, 4) is 0 Å². The zero-order valence-corrected chi connectivity index (χ0v) is 7.40. The van der Waals surface area contributed by atoms with E-state index in [2.05, 4.69) is 11.7 Å². The smallest absolute Gasteiger partial charge is 0.0537 e. The molecule has 0 spiro atoms. The Hall–Kier alpha value is -1.09. The molecule has 0 bridgehead atoms. The van der Waals surface area contributed by atoms with Gasteiger partial charge in [-0.3, -0.25) is 4.68 Å². The first-order valence-electron chi connectivity index (χ1n) is 4.13. The fourth-order valence-electron chi connectivity index (χ4n) is 0.961. The van der Waals surface area contributed by atoms with Gasteiger partial charge in [-0.05, 0) is 13.3 Å². The van der Waals surface area contributed by atoms with Gasteiger partial charge in [0.2, 0.25) is 0 Å². The molecule has 0 saturated heterocycles. The van der Waals surface area contributed by atoms with Crippen LogP contribution in [0, 0.1) is 0 Å². The Morgan fingerprint density at radius 3 is 3.08 bits per heavy atom. The van der Waals surface area contributed by atoms with Crippen LogP contribution in [0.15, 0.2) is 25.0 Å². The fraction of sp³-hybridized carbons (Fsp3) is 0.444. The maximum absolute atomic E-state index is 5.68. The van der Waals surface area contributed by atoms with Crippen LogP contribution in [0.3, 0.4) is 0 Å². The number of aryl methyl sites for hydroxylation is 1. The van der Waals surface area contributed by atoms with Gasteiger partial charge in [0, 0.05) is 24.3 Å². The second kappa shape index (κ2) is 4.07. The third kappa shape index (κ3) is 2.20. The van der Waals surface area contributed by atoms with Crippen LogP contribution in [0.4, 0.5) is 0 Å². The van der Waals surface area contributed by atoms with Crippen molar-refractivity contribution in [2.45, 2.75) is 25.9 Å². The highest BCUT2D eigenvalue weighted by molar-refractivity contribution is 5.08. The van der Waals surface area contributed by atoms with E-state index in [0.29, 0.717) is 0 Å². The van der Waals surface area contributed by atoms with Gasteiger partial charge in [-0.2, -0.15) is 5.10 Å². The molecule has 0 aliphatic heterocycles. The number of allylic oxidation sites excluding steroid dienone is 1. The standard InChI is InChI=1S/C9H15N3/c1-3-4-5-12-7-9(6-11-12)8(2)10/h3,6-8H,1,4-5,10H2,2H3/t8-/m0/s1. The van der Waals surface area contributed by atoms with Crippen LogP contribution in [0.25, 0.3) is 0 Å². The molecule has 0 unspecified atom stereocenters. The van der Waals surface area contributed by atoms with Gasteiger partial charge >= 0.3 is 0 Å². The molecule has 12 heavy (non-hydrogen) atoms. The second-order valence-corrected chi connectivity index (χ2v) is 2.90. The van der Waals surface area contributed by atoms with Crippen molar-refractivity contribution < 1.29 is 0 Å². The SMILES string of the molecule is C=CCCn1cc([C@H](C)N)cn1. The summed E-state index contributed by atoms with van der Waals surface area (Å²) in [7, 11) is 0. The Kier molecular flexibility index (Phi) is 3.05. The molecule has 0 saturated carbocycles. The molecule has 0 aromatic carbocycles. The first kappa shape index (κ1) is 9.00. The van der Waals surface area contributed by atoms with Gasteiger partial charge in [0.15, 0.2) is 0 Å². The monoisotopic (exact) mass is 165 g/mol. The van der Waals surface area contributed by atoms with E-state index >= 15 is 0 Å². The average Bonchev–Trinajstić information content (AvgIpc) is 2.48. The maximum atomic E-state index is 5.68. The van der Waals surface area contributed by atoms with E-state index < -0.39 is 0 Å². The van der Waals surface area contributed by atoms with Gasteiger partial charge in [-0.15, -0.1) is 6.58 Å². The van der Waals surface area contributed by atoms with Gasteiger partial charge in [-0.1, -0.05) is 6.08 Å². The molecule has 3 heteroatoms. The summed E-state index contributed by atoms with van der Waals surface area (Å²) in [6, 6.07) is 0.0717. The largest absolute Gasteiger partial charge is 0.324 e. The number of hydrogen-bond acceptors (Lipinski definition) is 2. The van der Waals surface area contributed by atoms with Gasteiger partial charge in [0.25, 0.3) is 0 Å². The van der Waals surface area contributed by atoms with Crippen LogP contribution < -0.4 is 5.73 Å². The summed E-state index contributed by atoms with van der Waals surface area (Å²) in [5.41, 5.74) is 6.76. The van der Waals surface area contributed by atoms with Crippen LogP contribution in [0.1, 0.15) is 24.9 Å². The van der Waals surface area contributed by atoms with Crippen LogP contribution in [-0.4, -0.2) is 9.78 Å². The highest BCUT2D eigenvalue weighted by Crippen LogP contribution is 2.07. The molecule has 2 N–H and O–H groups in total. The number of nitrogens with zero attached hydrogens (tertiary/aromatic N) is 2. The van der Waals surface area contributed by atoms with Gasteiger partial charge in [0.05, 0.1) is 6.20 Å². The van der Waals surface area contributed by atoms with E-state index in [-0.39, 0.29) is 6.04 Å². The zero-order chi connectivity index (χ0) is 8.97. The highest BCUT2D eigenvalue weighted by atomic mass is 15.3. The van der Waals surface area contributed by atoms with Gasteiger partial charge < -0.3 is 5.73 Å². The van der Waals surface area contributed by atoms with Crippen molar-refractivity contribution in [2.24, 2.45) is 5.73 Å². The van der Waals surface area contributed by atoms with E-state index in [1.807, 2.05) is 30.1 Å². The second-order valence-electron chi connectivity index (χ2n) is 2.90. The summed E-state index contributed by atoms with van der Waals surface area (Å²) in [6.45, 7) is 6.49. The predicted molar refractivity (Wildman–Crippen MR) is 49.6 cm³/mol. The molecule has 1 aromatic rings. The molecular weight excluding hydrogens is 150 g/mol.